The molecule has 4 rings (SSSR count). The molecule has 1 aliphatic carbocycles. The first-order valence-electron chi connectivity index (χ1n) is 10.8. The third kappa shape index (κ3) is 4.98. The van der Waals surface area contributed by atoms with E-state index in [1.54, 1.807) is 18.0 Å². The Balaban J connectivity index is 1.35. The number of carbonyl (C=O) groups excluding carboxylic acids is 2. The first kappa shape index (κ1) is 20.4. The van der Waals surface area contributed by atoms with Crippen molar-refractivity contribution in [3.63, 3.8) is 0 Å². The van der Waals surface area contributed by atoms with Crippen LogP contribution < -0.4 is 10.1 Å². The van der Waals surface area contributed by atoms with Gasteiger partial charge in [-0.1, -0.05) is 23.4 Å². The molecule has 1 aliphatic heterocycles. The van der Waals surface area contributed by atoms with E-state index >= 15 is 0 Å². The van der Waals surface area contributed by atoms with Crippen LogP contribution in [0.15, 0.2) is 30.5 Å². The molecule has 0 radical (unpaired) electrons. The lowest BCUT2D eigenvalue weighted by Crippen LogP contribution is -2.45. The highest BCUT2D eigenvalue weighted by Gasteiger charge is 2.28. The number of aromatic nitrogens is 3. The number of para-hydroxylation sites is 1. The lowest BCUT2D eigenvalue weighted by Gasteiger charge is -2.36. The SMILES string of the molecule is COc1ccccc1CC(=O)N1CCCCC1CCn1cc(C(=O)NC2CC2)nn1. The molecular formula is C22H29N5O3. The molecule has 1 N–H and O–H groups in total. The summed E-state index contributed by atoms with van der Waals surface area (Å²) in [7, 11) is 1.63. The van der Waals surface area contributed by atoms with Crippen LogP contribution in [0.4, 0.5) is 0 Å². The van der Waals surface area contributed by atoms with E-state index in [2.05, 4.69) is 15.6 Å². The number of methoxy groups -OCH3 is 1. The summed E-state index contributed by atoms with van der Waals surface area (Å²) >= 11 is 0. The first-order chi connectivity index (χ1) is 14.6. The second-order valence-electron chi connectivity index (χ2n) is 8.13. The van der Waals surface area contributed by atoms with Crippen molar-refractivity contribution in [2.75, 3.05) is 13.7 Å². The van der Waals surface area contributed by atoms with Crippen LogP contribution in [-0.4, -0.2) is 57.4 Å². The van der Waals surface area contributed by atoms with E-state index in [1.165, 1.54) is 0 Å². The average molecular weight is 412 g/mol. The largest absolute Gasteiger partial charge is 0.496 e. The van der Waals surface area contributed by atoms with Gasteiger partial charge in [-0.2, -0.15) is 0 Å². The summed E-state index contributed by atoms with van der Waals surface area (Å²) < 4.78 is 7.10. The number of hydrogen-bond acceptors (Lipinski definition) is 5. The van der Waals surface area contributed by atoms with Gasteiger partial charge in [0.1, 0.15) is 5.75 Å². The molecule has 1 unspecified atom stereocenters. The number of ether oxygens (including phenoxy) is 1. The highest BCUT2D eigenvalue weighted by atomic mass is 16.5. The van der Waals surface area contributed by atoms with Crippen molar-refractivity contribution in [3.8, 4) is 5.75 Å². The van der Waals surface area contributed by atoms with Crippen LogP contribution in [-0.2, 0) is 17.8 Å². The summed E-state index contributed by atoms with van der Waals surface area (Å²) in [5.74, 6) is 0.723. The van der Waals surface area contributed by atoms with Crippen LogP contribution in [0.3, 0.4) is 0 Å². The Kier molecular flexibility index (Phi) is 6.30. The molecule has 160 valence electrons. The van der Waals surface area contributed by atoms with Gasteiger partial charge < -0.3 is 15.0 Å². The minimum atomic E-state index is -0.157. The standard InChI is InChI=1S/C22H29N5O3/c1-30-20-8-3-2-6-16(20)14-21(28)27-12-5-4-7-18(27)11-13-26-15-19(24-25-26)22(29)23-17-9-10-17/h2-3,6,8,15,17-18H,4-5,7,9-14H2,1H3,(H,23,29). The van der Waals surface area contributed by atoms with Gasteiger partial charge in [0.25, 0.3) is 5.91 Å². The Morgan fingerprint density at radius 3 is 2.83 bits per heavy atom. The van der Waals surface area contributed by atoms with Crippen LogP contribution in [0.5, 0.6) is 5.75 Å². The summed E-state index contributed by atoms with van der Waals surface area (Å²) in [6, 6.07) is 8.15. The van der Waals surface area contributed by atoms with Crippen LogP contribution in [0.1, 0.15) is 54.6 Å². The number of nitrogens with zero attached hydrogens (tertiary/aromatic N) is 4. The van der Waals surface area contributed by atoms with Crippen molar-refractivity contribution >= 4 is 11.8 Å². The highest BCUT2D eigenvalue weighted by molar-refractivity contribution is 5.92. The number of likely N-dealkylation sites (tertiary alicyclic amines) is 1. The van der Waals surface area contributed by atoms with Crippen LogP contribution >= 0.6 is 0 Å². The van der Waals surface area contributed by atoms with Crippen molar-refractivity contribution < 1.29 is 14.3 Å². The molecule has 2 fully saturated rings. The van der Waals surface area contributed by atoms with Gasteiger partial charge >= 0.3 is 0 Å². The van der Waals surface area contributed by atoms with E-state index in [9.17, 15) is 9.59 Å². The first-order valence-corrected chi connectivity index (χ1v) is 10.8. The third-order valence-electron chi connectivity index (χ3n) is 5.86. The van der Waals surface area contributed by atoms with E-state index in [4.69, 9.17) is 4.74 Å². The van der Waals surface area contributed by atoms with Crippen molar-refractivity contribution in [1.29, 1.82) is 0 Å². The van der Waals surface area contributed by atoms with Crippen LogP contribution in [0.2, 0.25) is 0 Å². The molecule has 2 aliphatic rings. The molecule has 1 saturated heterocycles. The fourth-order valence-corrected chi connectivity index (χ4v) is 4.02. The van der Waals surface area contributed by atoms with Gasteiger partial charge in [0.15, 0.2) is 5.69 Å². The predicted octanol–water partition coefficient (Wildman–Crippen LogP) is 2.19. The van der Waals surface area contributed by atoms with E-state index < -0.39 is 0 Å². The maximum absolute atomic E-state index is 13.0. The van der Waals surface area contributed by atoms with Gasteiger partial charge in [0, 0.05) is 30.7 Å². The molecule has 1 aromatic carbocycles. The Morgan fingerprint density at radius 1 is 1.20 bits per heavy atom. The van der Waals surface area contributed by atoms with Crippen LogP contribution in [0, 0.1) is 0 Å². The van der Waals surface area contributed by atoms with Gasteiger partial charge in [0.2, 0.25) is 5.91 Å². The summed E-state index contributed by atoms with van der Waals surface area (Å²) in [4.78, 5) is 27.1. The van der Waals surface area contributed by atoms with Crippen molar-refractivity contribution in [3.05, 3.63) is 41.7 Å². The molecule has 30 heavy (non-hydrogen) atoms. The third-order valence-corrected chi connectivity index (χ3v) is 5.86. The number of piperidine rings is 1. The topological polar surface area (TPSA) is 89.4 Å². The molecule has 0 spiro atoms. The Morgan fingerprint density at radius 2 is 2.03 bits per heavy atom. The number of carbonyl (C=O) groups is 2. The number of benzene rings is 1. The maximum Gasteiger partial charge on any atom is 0.273 e. The predicted molar refractivity (Wildman–Crippen MR) is 111 cm³/mol. The van der Waals surface area contributed by atoms with Crippen LogP contribution in [0.25, 0.3) is 0 Å². The lowest BCUT2D eigenvalue weighted by atomic mass is 9.98. The second-order valence-corrected chi connectivity index (χ2v) is 8.13. The molecular weight excluding hydrogens is 382 g/mol. The fraction of sp³-hybridized carbons (Fsp3) is 0.545. The maximum atomic E-state index is 13.0. The lowest BCUT2D eigenvalue weighted by molar-refractivity contribution is -0.134. The van der Waals surface area contributed by atoms with E-state index in [0.717, 1.165) is 56.4 Å². The minimum absolute atomic E-state index is 0.132. The normalized spacial score (nSPS) is 18.8. The number of aryl methyl sites for hydroxylation is 1. The Bertz CT molecular complexity index is 892. The van der Waals surface area contributed by atoms with Crippen molar-refractivity contribution in [1.82, 2.24) is 25.2 Å². The average Bonchev–Trinajstić information content (AvgIpc) is 3.45. The molecule has 2 amide bonds. The van der Waals surface area contributed by atoms with Crippen molar-refractivity contribution in [2.24, 2.45) is 0 Å². The van der Waals surface area contributed by atoms with Crippen molar-refractivity contribution in [2.45, 2.75) is 63.6 Å². The summed E-state index contributed by atoms with van der Waals surface area (Å²) in [5, 5.41) is 11.0. The van der Waals surface area contributed by atoms with E-state index in [1.807, 2.05) is 29.2 Å². The van der Waals surface area contributed by atoms with E-state index in [-0.39, 0.29) is 17.9 Å². The number of nitrogens with one attached hydrogen (secondary N) is 1. The van der Waals surface area contributed by atoms with Gasteiger partial charge in [-0.25, -0.2) is 0 Å². The molecule has 1 atom stereocenters. The highest BCUT2D eigenvalue weighted by Crippen LogP contribution is 2.24. The Hall–Kier alpha value is -2.90. The minimum Gasteiger partial charge on any atom is -0.496 e. The van der Waals surface area contributed by atoms with Gasteiger partial charge in [0.05, 0.1) is 19.7 Å². The second kappa shape index (κ2) is 9.28. The number of hydrogen-bond donors (Lipinski definition) is 1. The van der Waals surface area contributed by atoms with Gasteiger partial charge in [-0.05, 0) is 44.6 Å². The quantitative estimate of drug-likeness (QED) is 0.719. The van der Waals surface area contributed by atoms with E-state index in [0.29, 0.717) is 24.7 Å². The molecule has 2 heterocycles. The molecule has 8 heteroatoms. The number of rotatable bonds is 8. The molecule has 8 nitrogen and oxygen atoms in total. The molecule has 1 saturated carbocycles. The van der Waals surface area contributed by atoms with Gasteiger partial charge in [-0.15, -0.1) is 5.10 Å². The molecule has 2 aromatic rings. The summed E-state index contributed by atoms with van der Waals surface area (Å²) in [6.45, 7) is 1.41. The molecule has 0 bridgehead atoms. The monoisotopic (exact) mass is 411 g/mol. The fourth-order valence-electron chi connectivity index (χ4n) is 4.02. The summed E-state index contributed by atoms with van der Waals surface area (Å²) in [5.41, 5.74) is 1.27. The van der Waals surface area contributed by atoms with Gasteiger partial charge in [-0.3, -0.25) is 14.3 Å². The smallest absolute Gasteiger partial charge is 0.273 e. The number of amides is 2. The zero-order chi connectivity index (χ0) is 20.9. The zero-order valence-corrected chi connectivity index (χ0v) is 17.4. The Labute approximate surface area is 176 Å². The molecule has 1 aromatic heterocycles. The zero-order valence-electron chi connectivity index (χ0n) is 17.4. The summed E-state index contributed by atoms with van der Waals surface area (Å²) in [6.07, 6.45) is 8.06.